The maximum Gasteiger partial charge on any atom is 0.268 e. The molecule has 1 rings (SSSR count). The Hall–Kier alpha value is -2.72. The summed E-state index contributed by atoms with van der Waals surface area (Å²) in [6.45, 7) is 7.54. The average molecular weight is 496 g/mol. The highest BCUT2D eigenvalue weighted by Crippen LogP contribution is 2.18. The van der Waals surface area contributed by atoms with Crippen LogP contribution in [0.15, 0.2) is 36.4 Å². The van der Waals surface area contributed by atoms with Crippen LogP contribution in [-0.2, 0) is 24.2 Å². The zero-order chi connectivity index (χ0) is 25.9. The lowest BCUT2D eigenvalue weighted by molar-refractivity contribution is -0.174. The molecule has 190 valence electrons. The molecule has 1 atom stereocenters. The number of benzene rings is 1. The Bertz CT molecular complexity index is 945. The molecule has 2 N–H and O–H groups in total. The molecular weight excluding hydrogens is 458 g/mol. The zero-order valence-electron chi connectivity index (χ0n) is 20.6. The number of hydroxylamine groups is 1. The van der Waals surface area contributed by atoms with E-state index in [4.69, 9.17) is 0 Å². The van der Waals surface area contributed by atoms with Gasteiger partial charge in [0.15, 0.2) is 9.84 Å². The van der Waals surface area contributed by atoms with Crippen LogP contribution in [-0.4, -0.2) is 66.0 Å². The highest BCUT2D eigenvalue weighted by molar-refractivity contribution is 7.91. The molecule has 1 aromatic carbocycles. The van der Waals surface area contributed by atoms with Gasteiger partial charge in [0.1, 0.15) is 11.8 Å². The summed E-state index contributed by atoms with van der Waals surface area (Å²) < 4.78 is 23.7. The van der Waals surface area contributed by atoms with Crippen molar-refractivity contribution >= 4 is 33.6 Å². The van der Waals surface area contributed by atoms with Gasteiger partial charge in [-0.3, -0.25) is 19.6 Å². The minimum absolute atomic E-state index is 0.00451. The third-order valence-corrected chi connectivity index (χ3v) is 5.61. The molecular formula is C24H37N3O6S. The third-order valence-electron chi connectivity index (χ3n) is 4.84. The van der Waals surface area contributed by atoms with Gasteiger partial charge in [-0.25, -0.2) is 23.9 Å². The molecule has 10 heteroatoms. The van der Waals surface area contributed by atoms with E-state index in [2.05, 4.69) is 0 Å². The molecule has 0 aliphatic rings. The van der Waals surface area contributed by atoms with E-state index >= 15 is 0 Å². The minimum atomic E-state index is -3.69. The number of nitrogens with one attached hydrogen (secondary N) is 1. The van der Waals surface area contributed by atoms with Crippen LogP contribution >= 0.6 is 0 Å². The van der Waals surface area contributed by atoms with E-state index < -0.39 is 39.4 Å². The highest BCUT2D eigenvalue weighted by atomic mass is 32.2. The molecule has 0 heterocycles. The summed E-state index contributed by atoms with van der Waals surface area (Å²) in [5.74, 6) is -2.92. The summed E-state index contributed by atoms with van der Waals surface area (Å²) in [5, 5.41) is 11.5. The van der Waals surface area contributed by atoms with Crippen LogP contribution in [0.3, 0.4) is 0 Å². The topological polar surface area (TPSA) is 124 Å². The first kappa shape index (κ1) is 29.3. The minimum Gasteiger partial charge on any atom is -0.289 e. The second-order valence-electron chi connectivity index (χ2n) is 9.15. The maximum atomic E-state index is 13.3. The lowest BCUT2D eigenvalue weighted by Gasteiger charge is -2.40. The first-order valence-corrected chi connectivity index (χ1v) is 13.4. The number of carbonyl (C=O) groups is 3. The number of hydrogen-bond donors (Lipinski definition) is 2. The number of rotatable bonds is 12. The maximum absolute atomic E-state index is 13.3. The third kappa shape index (κ3) is 10.5. The number of amides is 3. The van der Waals surface area contributed by atoms with Crippen LogP contribution in [0.1, 0.15) is 52.5 Å². The van der Waals surface area contributed by atoms with E-state index in [1.807, 2.05) is 58.0 Å². The van der Waals surface area contributed by atoms with Crippen LogP contribution in [0.4, 0.5) is 0 Å². The summed E-state index contributed by atoms with van der Waals surface area (Å²) in [6, 6.07) is 8.05. The van der Waals surface area contributed by atoms with Gasteiger partial charge in [0, 0.05) is 19.2 Å². The molecule has 0 aromatic heterocycles. The Morgan fingerprint density at radius 1 is 1.03 bits per heavy atom. The van der Waals surface area contributed by atoms with Gasteiger partial charge in [0.2, 0.25) is 5.91 Å². The number of carbonyl (C=O) groups excluding carboxylic acids is 3. The van der Waals surface area contributed by atoms with Gasteiger partial charge in [0.25, 0.3) is 11.8 Å². The SMILES string of the molecule is CC(C)CCC(=O)N([C@@H](CC=Cc1ccccc1)C(=O)NO)N(CC(C)C)C(=O)CS(C)(=O)=O. The van der Waals surface area contributed by atoms with Crippen molar-refractivity contribution in [2.45, 2.75) is 53.0 Å². The molecule has 0 radical (unpaired) electrons. The van der Waals surface area contributed by atoms with Crippen LogP contribution < -0.4 is 5.48 Å². The van der Waals surface area contributed by atoms with E-state index in [-0.39, 0.29) is 31.2 Å². The van der Waals surface area contributed by atoms with Crippen molar-refractivity contribution in [2.75, 3.05) is 18.6 Å². The molecule has 1 aromatic rings. The van der Waals surface area contributed by atoms with Gasteiger partial charge in [-0.15, -0.1) is 0 Å². The lowest BCUT2D eigenvalue weighted by Crippen LogP contribution is -2.60. The van der Waals surface area contributed by atoms with Gasteiger partial charge in [-0.2, -0.15) is 0 Å². The summed E-state index contributed by atoms with van der Waals surface area (Å²) >= 11 is 0. The molecule has 9 nitrogen and oxygen atoms in total. The molecule has 0 spiro atoms. The Morgan fingerprint density at radius 2 is 1.65 bits per heavy atom. The van der Waals surface area contributed by atoms with Gasteiger partial charge >= 0.3 is 0 Å². The number of hydrazine groups is 1. The average Bonchev–Trinajstić information content (AvgIpc) is 2.74. The van der Waals surface area contributed by atoms with Crippen LogP contribution in [0.25, 0.3) is 6.08 Å². The molecule has 0 bridgehead atoms. The van der Waals surface area contributed by atoms with Crippen molar-refractivity contribution < 1.29 is 28.0 Å². The van der Waals surface area contributed by atoms with Crippen molar-refractivity contribution in [1.82, 2.24) is 15.5 Å². The fraction of sp³-hybridized carbons (Fsp3) is 0.542. The first-order chi connectivity index (χ1) is 15.9. The molecule has 3 amide bonds. The van der Waals surface area contributed by atoms with Crippen molar-refractivity contribution in [2.24, 2.45) is 11.8 Å². The Balaban J connectivity index is 3.44. The smallest absolute Gasteiger partial charge is 0.268 e. The molecule has 0 saturated carbocycles. The molecule has 0 aliphatic heterocycles. The Kier molecular flexibility index (Phi) is 11.9. The number of hydrogen-bond acceptors (Lipinski definition) is 6. The van der Waals surface area contributed by atoms with Crippen LogP contribution in [0.5, 0.6) is 0 Å². The fourth-order valence-electron chi connectivity index (χ4n) is 3.25. The summed E-state index contributed by atoms with van der Waals surface area (Å²) in [5.41, 5.74) is 2.46. The summed E-state index contributed by atoms with van der Waals surface area (Å²) in [6.07, 6.45) is 4.93. The van der Waals surface area contributed by atoms with Gasteiger partial charge < -0.3 is 0 Å². The quantitative estimate of drug-likeness (QED) is 0.339. The predicted octanol–water partition coefficient (Wildman–Crippen LogP) is 2.67. The van der Waals surface area contributed by atoms with Crippen molar-refractivity contribution in [1.29, 1.82) is 0 Å². The number of sulfone groups is 1. The number of nitrogens with zero attached hydrogens (tertiary/aromatic N) is 2. The van der Waals surface area contributed by atoms with Crippen molar-refractivity contribution in [3.63, 3.8) is 0 Å². The van der Waals surface area contributed by atoms with E-state index in [1.54, 1.807) is 17.6 Å². The van der Waals surface area contributed by atoms with Crippen molar-refractivity contribution in [3.05, 3.63) is 42.0 Å². The molecule has 0 unspecified atom stereocenters. The van der Waals surface area contributed by atoms with E-state index in [9.17, 15) is 28.0 Å². The molecule has 0 fully saturated rings. The van der Waals surface area contributed by atoms with Gasteiger partial charge in [0.05, 0.1) is 0 Å². The monoisotopic (exact) mass is 495 g/mol. The largest absolute Gasteiger partial charge is 0.289 e. The second-order valence-corrected chi connectivity index (χ2v) is 11.3. The normalized spacial score (nSPS) is 12.7. The Morgan fingerprint density at radius 3 is 2.15 bits per heavy atom. The van der Waals surface area contributed by atoms with E-state index in [0.717, 1.165) is 21.8 Å². The standard InChI is InChI=1S/C24H37N3O6S/c1-18(2)14-15-22(28)27(26(16-19(3)4)23(29)17-34(5,32)33)21(24(30)25-31)13-9-12-20-10-7-6-8-11-20/h6-12,18-19,21,31H,13-17H2,1-5H3,(H,25,30)/t21-/m0/s1. The van der Waals surface area contributed by atoms with Crippen LogP contribution in [0, 0.1) is 11.8 Å². The Labute approximate surface area is 202 Å². The fourth-order valence-corrected chi connectivity index (χ4v) is 3.85. The zero-order valence-corrected chi connectivity index (χ0v) is 21.4. The predicted molar refractivity (Wildman–Crippen MR) is 131 cm³/mol. The second kappa shape index (κ2) is 13.9. The van der Waals surface area contributed by atoms with Gasteiger partial charge in [-0.05, 0) is 30.2 Å². The van der Waals surface area contributed by atoms with Gasteiger partial charge in [-0.1, -0.05) is 70.2 Å². The van der Waals surface area contributed by atoms with E-state index in [1.165, 1.54) is 0 Å². The molecule has 34 heavy (non-hydrogen) atoms. The highest BCUT2D eigenvalue weighted by Gasteiger charge is 2.37. The summed E-state index contributed by atoms with van der Waals surface area (Å²) in [7, 11) is -3.69. The lowest BCUT2D eigenvalue weighted by atomic mass is 10.1. The molecule has 0 aliphatic carbocycles. The van der Waals surface area contributed by atoms with Crippen LogP contribution in [0.2, 0.25) is 0 Å². The summed E-state index contributed by atoms with van der Waals surface area (Å²) in [4.78, 5) is 39.1. The van der Waals surface area contributed by atoms with E-state index in [0.29, 0.717) is 6.42 Å². The molecule has 0 saturated heterocycles. The first-order valence-electron chi connectivity index (χ1n) is 11.3. The van der Waals surface area contributed by atoms with Crippen molar-refractivity contribution in [3.8, 4) is 0 Å².